The molecule has 4 rings (SSSR count). The molecule has 0 aromatic rings. The lowest BCUT2D eigenvalue weighted by Gasteiger charge is -2.58. The molecule has 0 aliphatic heterocycles. The molecule has 0 amide bonds. The van der Waals surface area contributed by atoms with Gasteiger partial charge in [-0.15, -0.1) is 0 Å². The Morgan fingerprint density at radius 1 is 1.09 bits per heavy atom. The van der Waals surface area contributed by atoms with Crippen LogP contribution >= 0.6 is 0 Å². The Bertz CT molecular complexity index is 830. The van der Waals surface area contributed by atoms with E-state index < -0.39 is 9.84 Å². The molecule has 4 aliphatic carbocycles. The fraction of sp³-hybridized carbons (Fsp3) is 0.929. The molecule has 32 heavy (non-hydrogen) atoms. The minimum atomic E-state index is -3.07. The van der Waals surface area contributed by atoms with Crippen LogP contribution in [-0.4, -0.2) is 31.1 Å². The fourth-order valence-corrected chi connectivity index (χ4v) is 10.8. The highest BCUT2D eigenvalue weighted by Gasteiger charge is 2.63. The van der Waals surface area contributed by atoms with Crippen LogP contribution in [0.2, 0.25) is 0 Å². The van der Waals surface area contributed by atoms with Crippen molar-refractivity contribution in [1.29, 1.82) is 0 Å². The van der Waals surface area contributed by atoms with Gasteiger partial charge >= 0.3 is 0 Å². The molecule has 0 aromatic carbocycles. The molecule has 0 saturated heterocycles. The highest BCUT2D eigenvalue weighted by molar-refractivity contribution is 7.91. The summed E-state index contributed by atoms with van der Waals surface area (Å²) in [7, 11) is -3.07. The van der Waals surface area contributed by atoms with Crippen LogP contribution in [0.25, 0.3) is 0 Å². The van der Waals surface area contributed by atoms with Gasteiger partial charge in [0, 0.05) is 6.26 Å². The summed E-state index contributed by atoms with van der Waals surface area (Å²) in [5.41, 5.74) is 1.85. The summed E-state index contributed by atoms with van der Waals surface area (Å²) in [6.07, 6.45) is 14.6. The van der Waals surface area contributed by atoms with E-state index in [1.54, 1.807) is 0 Å². The summed E-state index contributed by atoms with van der Waals surface area (Å²) in [4.78, 5) is 0. The number of aliphatic hydroxyl groups is 1. The van der Waals surface area contributed by atoms with Gasteiger partial charge in [0.1, 0.15) is 0 Å². The number of rotatable bonds is 6. The molecule has 0 heterocycles. The number of allylic oxidation sites excluding steroid dienone is 1. The summed E-state index contributed by atoms with van der Waals surface area (Å²) < 4.78 is 26.1. The van der Waals surface area contributed by atoms with Crippen LogP contribution in [0.5, 0.6) is 0 Å². The van der Waals surface area contributed by atoms with E-state index in [1.807, 2.05) is 0 Å². The SMILES string of the molecule is CC(C)CCC[C@@H](C)[C@H]1C(S(C)(=O)=O)C[C@H]2[C@@H]3CC=C4C[C@@H](O)CC[C@]4(C)[C@H]3CC[C@]12C. The van der Waals surface area contributed by atoms with Gasteiger partial charge in [0.15, 0.2) is 9.84 Å². The predicted molar refractivity (Wildman–Crippen MR) is 133 cm³/mol. The van der Waals surface area contributed by atoms with Crippen LogP contribution in [0.15, 0.2) is 11.6 Å². The fourth-order valence-electron chi connectivity index (χ4n) is 9.15. The second kappa shape index (κ2) is 8.70. The maximum Gasteiger partial charge on any atom is 0.150 e. The second-order valence-corrected chi connectivity index (χ2v) is 15.4. The van der Waals surface area contributed by atoms with E-state index in [4.69, 9.17) is 0 Å². The van der Waals surface area contributed by atoms with Crippen molar-refractivity contribution < 1.29 is 13.5 Å². The lowest BCUT2D eigenvalue weighted by molar-refractivity contribution is -0.0571. The first-order chi connectivity index (χ1) is 14.9. The van der Waals surface area contributed by atoms with Crippen LogP contribution in [0, 0.1) is 46.3 Å². The topological polar surface area (TPSA) is 54.4 Å². The van der Waals surface area contributed by atoms with Crippen molar-refractivity contribution in [2.75, 3.05) is 6.26 Å². The first-order valence-corrected chi connectivity index (χ1v) is 15.4. The Morgan fingerprint density at radius 2 is 1.81 bits per heavy atom. The van der Waals surface area contributed by atoms with Gasteiger partial charge in [0.05, 0.1) is 11.4 Å². The zero-order valence-corrected chi connectivity index (χ0v) is 22.3. The minimum absolute atomic E-state index is 0.141. The number of fused-ring (bicyclic) bond motifs is 5. The molecule has 3 fully saturated rings. The smallest absolute Gasteiger partial charge is 0.150 e. The number of sulfone groups is 1. The number of aliphatic hydroxyl groups excluding tert-OH is 1. The molecule has 3 nitrogen and oxygen atoms in total. The Hall–Kier alpha value is -0.350. The number of hydrogen-bond donors (Lipinski definition) is 1. The first kappa shape index (κ1) is 24.8. The van der Waals surface area contributed by atoms with Gasteiger partial charge in [-0.05, 0) is 91.3 Å². The Kier molecular flexibility index (Phi) is 6.73. The van der Waals surface area contributed by atoms with Gasteiger partial charge < -0.3 is 5.11 Å². The van der Waals surface area contributed by atoms with Crippen LogP contribution in [0.4, 0.5) is 0 Å². The van der Waals surface area contributed by atoms with E-state index in [9.17, 15) is 13.5 Å². The Balaban J connectivity index is 1.63. The van der Waals surface area contributed by atoms with Crippen molar-refractivity contribution in [3.8, 4) is 0 Å². The average Bonchev–Trinajstić information content (AvgIpc) is 3.02. The molecule has 3 saturated carbocycles. The minimum Gasteiger partial charge on any atom is -0.393 e. The van der Waals surface area contributed by atoms with Crippen molar-refractivity contribution in [1.82, 2.24) is 0 Å². The third-order valence-electron chi connectivity index (χ3n) is 10.8. The van der Waals surface area contributed by atoms with Crippen LogP contribution in [0.1, 0.15) is 98.8 Å². The monoisotopic (exact) mass is 464 g/mol. The second-order valence-electron chi connectivity index (χ2n) is 13.1. The van der Waals surface area contributed by atoms with E-state index in [0.29, 0.717) is 35.5 Å². The van der Waals surface area contributed by atoms with Crippen molar-refractivity contribution >= 4 is 9.84 Å². The molecular weight excluding hydrogens is 416 g/mol. The average molecular weight is 465 g/mol. The van der Waals surface area contributed by atoms with Crippen molar-refractivity contribution in [3.63, 3.8) is 0 Å². The molecule has 1 N–H and O–H groups in total. The van der Waals surface area contributed by atoms with E-state index in [1.165, 1.54) is 37.5 Å². The summed E-state index contributed by atoms with van der Waals surface area (Å²) in [5.74, 6) is 3.25. The van der Waals surface area contributed by atoms with Crippen LogP contribution < -0.4 is 0 Å². The Morgan fingerprint density at radius 3 is 2.47 bits per heavy atom. The van der Waals surface area contributed by atoms with Gasteiger partial charge in [-0.1, -0.05) is 65.5 Å². The summed E-state index contributed by atoms with van der Waals surface area (Å²) in [5, 5.41) is 10.1. The van der Waals surface area contributed by atoms with E-state index in [-0.39, 0.29) is 22.2 Å². The van der Waals surface area contributed by atoms with Crippen molar-refractivity contribution in [2.24, 2.45) is 46.3 Å². The quantitative estimate of drug-likeness (QED) is 0.462. The lowest BCUT2D eigenvalue weighted by Crippen LogP contribution is -2.51. The van der Waals surface area contributed by atoms with Gasteiger partial charge in [0.2, 0.25) is 0 Å². The maximum atomic E-state index is 13.1. The molecule has 9 atom stereocenters. The zero-order valence-electron chi connectivity index (χ0n) is 21.4. The molecule has 0 radical (unpaired) electrons. The molecule has 184 valence electrons. The summed E-state index contributed by atoms with van der Waals surface area (Å²) >= 11 is 0. The molecule has 1 unspecified atom stereocenters. The van der Waals surface area contributed by atoms with E-state index >= 15 is 0 Å². The van der Waals surface area contributed by atoms with Gasteiger partial charge in [0.25, 0.3) is 0 Å². The standard InChI is InChI=1S/C28H48O3S/c1-18(2)8-7-9-19(3)26-25(32(6,30)31)17-24-22-11-10-20-16-21(29)12-14-27(20,4)23(22)13-15-28(24,26)5/h10,18-19,21-26,29H,7-9,11-17H2,1-6H3/t19-,21+,22-,23+,24+,25?,26+,27+,28+/m1/s1. The summed E-state index contributed by atoms with van der Waals surface area (Å²) in [6.45, 7) is 11.8. The largest absolute Gasteiger partial charge is 0.393 e. The first-order valence-electron chi connectivity index (χ1n) is 13.4. The van der Waals surface area contributed by atoms with Crippen LogP contribution in [-0.2, 0) is 9.84 Å². The maximum absolute atomic E-state index is 13.1. The highest BCUT2D eigenvalue weighted by Crippen LogP contribution is 2.68. The van der Waals surface area contributed by atoms with Crippen molar-refractivity contribution in [2.45, 2.75) is 110 Å². The van der Waals surface area contributed by atoms with E-state index in [2.05, 4.69) is 40.7 Å². The van der Waals surface area contributed by atoms with Gasteiger partial charge in [-0.2, -0.15) is 0 Å². The Labute approximate surface area is 197 Å². The third-order valence-corrected chi connectivity index (χ3v) is 12.4. The predicted octanol–water partition coefficient (Wildman–Crippen LogP) is 6.41. The third kappa shape index (κ3) is 4.14. The van der Waals surface area contributed by atoms with Crippen LogP contribution in [0.3, 0.4) is 0 Å². The van der Waals surface area contributed by atoms with Crippen molar-refractivity contribution in [3.05, 3.63) is 11.6 Å². The van der Waals surface area contributed by atoms with E-state index in [0.717, 1.165) is 38.5 Å². The lowest BCUT2D eigenvalue weighted by atomic mass is 9.47. The molecule has 4 aliphatic rings. The molecule has 0 bridgehead atoms. The normalized spacial score (nSPS) is 45.1. The number of hydrogen-bond acceptors (Lipinski definition) is 3. The molecular formula is C28H48O3S. The molecule has 4 heteroatoms. The zero-order chi connectivity index (χ0) is 23.5. The summed E-state index contributed by atoms with van der Waals surface area (Å²) in [6, 6.07) is 0. The van der Waals surface area contributed by atoms with Gasteiger partial charge in [-0.25, -0.2) is 8.42 Å². The highest BCUT2D eigenvalue weighted by atomic mass is 32.2. The van der Waals surface area contributed by atoms with Gasteiger partial charge in [-0.3, -0.25) is 0 Å². The molecule has 0 aromatic heterocycles. The molecule has 0 spiro atoms.